The van der Waals surface area contributed by atoms with Gasteiger partial charge in [-0.2, -0.15) is 0 Å². The molecule has 1 aromatic rings. The molecular formula is C14H14O4. The summed E-state index contributed by atoms with van der Waals surface area (Å²) in [6.07, 6.45) is 1.09. The lowest BCUT2D eigenvalue weighted by molar-refractivity contribution is 0.0810. The summed E-state index contributed by atoms with van der Waals surface area (Å²) in [4.78, 5) is 24.0. The highest BCUT2D eigenvalue weighted by Gasteiger charge is 2.27. The number of fused-ring (bicyclic) bond motifs is 1. The Balaban J connectivity index is 2.45. The number of hydrogen-bond donors (Lipinski definition) is 0. The van der Waals surface area contributed by atoms with Crippen LogP contribution in [0.2, 0.25) is 0 Å². The molecule has 0 unspecified atom stereocenters. The number of benzene rings is 1. The smallest absolute Gasteiger partial charge is 0.228 e. The average molecular weight is 246 g/mol. The molecular weight excluding hydrogens is 232 g/mol. The van der Waals surface area contributed by atoms with Gasteiger partial charge in [-0.1, -0.05) is 0 Å². The standard InChI is InChI=1S/C14H14O4/c1-8(2)18-13-7-12(15)10-5-4-9(17-3)6-11(10)14(13)16/h4-8H,1-3H3. The van der Waals surface area contributed by atoms with Crippen molar-refractivity contribution in [3.63, 3.8) is 0 Å². The zero-order valence-corrected chi connectivity index (χ0v) is 10.5. The van der Waals surface area contributed by atoms with Crippen molar-refractivity contribution in [2.45, 2.75) is 20.0 Å². The van der Waals surface area contributed by atoms with Gasteiger partial charge in [-0.05, 0) is 32.0 Å². The van der Waals surface area contributed by atoms with Gasteiger partial charge in [0.05, 0.1) is 13.2 Å². The van der Waals surface area contributed by atoms with Crippen LogP contribution in [0, 0.1) is 0 Å². The molecule has 0 bridgehead atoms. The van der Waals surface area contributed by atoms with Gasteiger partial charge in [0.25, 0.3) is 0 Å². The molecule has 4 heteroatoms. The maximum absolute atomic E-state index is 12.2. The molecule has 0 heterocycles. The monoisotopic (exact) mass is 246 g/mol. The van der Waals surface area contributed by atoms with Crippen molar-refractivity contribution in [3.05, 3.63) is 41.2 Å². The molecule has 1 aliphatic carbocycles. The van der Waals surface area contributed by atoms with Crippen LogP contribution in [0.15, 0.2) is 30.0 Å². The van der Waals surface area contributed by atoms with E-state index >= 15 is 0 Å². The molecule has 18 heavy (non-hydrogen) atoms. The highest BCUT2D eigenvalue weighted by molar-refractivity contribution is 6.23. The largest absolute Gasteiger partial charge is 0.497 e. The zero-order chi connectivity index (χ0) is 13.3. The minimum absolute atomic E-state index is 0.0933. The summed E-state index contributed by atoms with van der Waals surface area (Å²) in [7, 11) is 1.51. The first-order chi connectivity index (χ1) is 8.52. The number of carbonyl (C=O) groups excluding carboxylic acids is 2. The molecule has 0 amide bonds. The summed E-state index contributed by atoms with van der Waals surface area (Å²) in [5.74, 6) is 0.136. The average Bonchev–Trinajstić information content (AvgIpc) is 2.34. The second kappa shape index (κ2) is 4.64. The summed E-state index contributed by atoms with van der Waals surface area (Å²) >= 11 is 0. The topological polar surface area (TPSA) is 52.6 Å². The Bertz CT molecular complexity index is 541. The van der Waals surface area contributed by atoms with E-state index in [0.717, 1.165) is 0 Å². The molecule has 94 valence electrons. The predicted octanol–water partition coefficient (Wildman–Crippen LogP) is 2.38. The fraction of sp³-hybridized carbons (Fsp3) is 0.286. The normalized spacial score (nSPS) is 14.3. The Labute approximate surface area is 105 Å². The van der Waals surface area contributed by atoms with Crippen molar-refractivity contribution in [2.75, 3.05) is 7.11 Å². The minimum Gasteiger partial charge on any atom is -0.497 e. The van der Waals surface area contributed by atoms with Crippen molar-refractivity contribution >= 4 is 11.6 Å². The number of allylic oxidation sites excluding steroid dienone is 2. The molecule has 0 aromatic heterocycles. The fourth-order valence-electron chi connectivity index (χ4n) is 1.79. The number of ether oxygens (including phenoxy) is 2. The molecule has 0 N–H and O–H groups in total. The third-order valence-corrected chi connectivity index (χ3v) is 2.59. The summed E-state index contributed by atoms with van der Waals surface area (Å²) in [6, 6.07) is 4.81. The van der Waals surface area contributed by atoms with Crippen molar-refractivity contribution in [2.24, 2.45) is 0 Å². The zero-order valence-electron chi connectivity index (χ0n) is 10.5. The van der Waals surface area contributed by atoms with Gasteiger partial charge in [0.15, 0.2) is 11.5 Å². The molecule has 0 spiro atoms. The van der Waals surface area contributed by atoms with Crippen LogP contribution in [-0.2, 0) is 4.74 Å². The van der Waals surface area contributed by atoms with E-state index in [9.17, 15) is 9.59 Å². The molecule has 4 nitrogen and oxygen atoms in total. The highest BCUT2D eigenvalue weighted by atomic mass is 16.5. The van der Waals surface area contributed by atoms with E-state index in [1.54, 1.807) is 32.0 Å². The van der Waals surface area contributed by atoms with Gasteiger partial charge < -0.3 is 9.47 Å². The summed E-state index contributed by atoms with van der Waals surface area (Å²) in [6.45, 7) is 3.61. The third-order valence-electron chi connectivity index (χ3n) is 2.59. The second-order valence-electron chi connectivity index (χ2n) is 4.28. The first-order valence-electron chi connectivity index (χ1n) is 5.68. The Morgan fingerprint density at radius 2 is 1.83 bits per heavy atom. The maximum atomic E-state index is 12.2. The van der Waals surface area contributed by atoms with Crippen molar-refractivity contribution in [3.8, 4) is 5.75 Å². The molecule has 2 rings (SSSR count). The van der Waals surface area contributed by atoms with Crippen LogP contribution < -0.4 is 4.74 Å². The first kappa shape index (κ1) is 12.4. The number of rotatable bonds is 3. The van der Waals surface area contributed by atoms with Crippen LogP contribution in [0.25, 0.3) is 0 Å². The van der Waals surface area contributed by atoms with Crippen LogP contribution >= 0.6 is 0 Å². The lowest BCUT2D eigenvalue weighted by Crippen LogP contribution is -2.20. The molecule has 1 aliphatic rings. The van der Waals surface area contributed by atoms with Crippen LogP contribution in [0.4, 0.5) is 0 Å². The minimum atomic E-state index is -0.280. The van der Waals surface area contributed by atoms with Gasteiger partial charge in [-0.3, -0.25) is 9.59 Å². The molecule has 0 saturated carbocycles. The van der Waals surface area contributed by atoms with Gasteiger partial charge in [0.1, 0.15) is 5.75 Å². The Hall–Kier alpha value is -2.10. The number of carbonyl (C=O) groups is 2. The van der Waals surface area contributed by atoms with E-state index < -0.39 is 0 Å². The van der Waals surface area contributed by atoms with Gasteiger partial charge in [-0.25, -0.2) is 0 Å². The molecule has 0 aliphatic heterocycles. The number of methoxy groups -OCH3 is 1. The molecule has 0 fully saturated rings. The summed E-state index contributed by atoms with van der Waals surface area (Å²) in [5.41, 5.74) is 0.717. The van der Waals surface area contributed by atoms with Crippen molar-refractivity contribution < 1.29 is 19.1 Å². The lowest BCUT2D eigenvalue weighted by atomic mass is 9.93. The van der Waals surface area contributed by atoms with E-state index in [2.05, 4.69) is 0 Å². The second-order valence-corrected chi connectivity index (χ2v) is 4.28. The Morgan fingerprint density at radius 3 is 2.44 bits per heavy atom. The van der Waals surface area contributed by atoms with Crippen LogP contribution in [0.1, 0.15) is 34.6 Å². The molecule has 0 saturated heterocycles. The van der Waals surface area contributed by atoms with Crippen molar-refractivity contribution in [1.29, 1.82) is 0 Å². The first-order valence-corrected chi connectivity index (χ1v) is 5.68. The molecule has 0 radical (unpaired) electrons. The van der Waals surface area contributed by atoms with Crippen LogP contribution in [0.3, 0.4) is 0 Å². The predicted molar refractivity (Wildman–Crippen MR) is 66.0 cm³/mol. The third kappa shape index (κ3) is 2.14. The molecule has 0 atom stereocenters. The lowest BCUT2D eigenvalue weighted by Gasteiger charge is -2.18. The van der Waals surface area contributed by atoms with Crippen LogP contribution in [0.5, 0.6) is 5.75 Å². The SMILES string of the molecule is COc1ccc2c(c1)C(=O)C(OC(C)C)=CC2=O. The van der Waals surface area contributed by atoms with Gasteiger partial charge in [-0.15, -0.1) is 0 Å². The quantitative estimate of drug-likeness (QED) is 0.821. The van der Waals surface area contributed by atoms with E-state index in [4.69, 9.17) is 9.47 Å². The van der Waals surface area contributed by atoms with E-state index in [-0.39, 0.29) is 23.4 Å². The van der Waals surface area contributed by atoms with E-state index in [1.165, 1.54) is 13.2 Å². The highest BCUT2D eigenvalue weighted by Crippen LogP contribution is 2.26. The number of hydrogen-bond acceptors (Lipinski definition) is 4. The summed E-state index contributed by atoms with van der Waals surface area (Å²) < 4.78 is 10.4. The Kier molecular flexibility index (Phi) is 3.19. The van der Waals surface area contributed by atoms with Crippen LogP contribution in [-0.4, -0.2) is 24.8 Å². The van der Waals surface area contributed by atoms with E-state index in [0.29, 0.717) is 16.9 Å². The van der Waals surface area contributed by atoms with E-state index in [1.807, 2.05) is 0 Å². The van der Waals surface area contributed by atoms with Gasteiger partial charge in [0.2, 0.25) is 5.78 Å². The maximum Gasteiger partial charge on any atom is 0.228 e. The number of ketones is 2. The molecule has 1 aromatic carbocycles. The number of Topliss-reactive ketones (excluding diaryl/α,β-unsaturated/α-hetero) is 1. The Morgan fingerprint density at radius 1 is 1.11 bits per heavy atom. The van der Waals surface area contributed by atoms with Gasteiger partial charge >= 0.3 is 0 Å². The van der Waals surface area contributed by atoms with Gasteiger partial charge in [0, 0.05) is 17.2 Å². The summed E-state index contributed by atoms with van der Waals surface area (Å²) in [5, 5.41) is 0. The fourth-order valence-corrected chi connectivity index (χ4v) is 1.79. The van der Waals surface area contributed by atoms with Crippen molar-refractivity contribution in [1.82, 2.24) is 0 Å².